The van der Waals surface area contributed by atoms with Crippen molar-refractivity contribution in [2.24, 2.45) is 0 Å². The molecule has 0 atom stereocenters. The molecule has 3 rings (SSSR count). The van der Waals surface area contributed by atoms with Gasteiger partial charge in [0.15, 0.2) is 0 Å². The van der Waals surface area contributed by atoms with E-state index < -0.39 is 17.6 Å². The van der Waals surface area contributed by atoms with Gasteiger partial charge in [0.25, 0.3) is 5.91 Å². The van der Waals surface area contributed by atoms with Gasteiger partial charge in [0, 0.05) is 31.3 Å². The third-order valence-electron chi connectivity index (χ3n) is 4.86. The van der Waals surface area contributed by atoms with Crippen molar-refractivity contribution in [1.29, 1.82) is 0 Å². The van der Waals surface area contributed by atoms with E-state index in [-0.39, 0.29) is 36.1 Å². The SMILES string of the molecule is COCCOc1ccc(C(F)(F)F)cc1NC(=O)c1ccc(N2CCCCC2=O)cc1. The second kappa shape index (κ2) is 9.82. The number of hydrogen-bond acceptors (Lipinski definition) is 4. The second-order valence-electron chi connectivity index (χ2n) is 7.05. The van der Waals surface area contributed by atoms with Crippen LogP contribution in [0.25, 0.3) is 0 Å². The van der Waals surface area contributed by atoms with Crippen LogP contribution in [0.2, 0.25) is 0 Å². The molecule has 0 radical (unpaired) electrons. The zero-order valence-corrected chi connectivity index (χ0v) is 17.0. The number of hydrogen-bond donors (Lipinski definition) is 1. The van der Waals surface area contributed by atoms with E-state index in [2.05, 4.69) is 5.32 Å². The number of methoxy groups -OCH3 is 1. The molecule has 1 aliphatic heterocycles. The van der Waals surface area contributed by atoms with E-state index in [1.54, 1.807) is 17.0 Å². The van der Waals surface area contributed by atoms with Crippen molar-refractivity contribution < 1.29 is 32.2 Å². The molecule has 0 saturated carbocycles. The number of ether oxygens (including phenoxy) is 2. The number of nitrogens with zero attached hydrogens (tertiary/aromatic N) is 1. The average Bonchev–Trinajstić information content (AvgIpc) is 2.74. The van der Waals surface area contributed by atoms with Gasteiger partial charge in [-0.05, 0) is 55.3 Å². The van der Waals surface area contributed by atoms with Gasteiger partial charge in [0.2, 0.25) is 5.91 Å². The number of benzene rings is 2. The minimum absolute atomic E-state index is 0.0327. The maximum atomic E-state index is 13.1. The molecule has 1 aliphatic rings. The third-order valence-corrected chi connectivity index (χ3v) is 4.86. The standard InChI is InChI=1S/C22H23F3N2O4/c1-30-12-13-31-19-10-7-16(22(23,24)25)14-18(19)26-21(29)15-5-8-17(9-6-15)27-11-3-2-4-20(27)28/h5-10,14H,2-4,11-13H2,1H3,(H,26,29). The molecule has 1 N–H and O–H groups in total. The molecule has 0 aliphatic carbocycles. The van der Waals surface area contributed by atoms with Gasteiger partial charge < -0.3 is 19.7 Å². The van der Waals surface area contributed by atoms with Crippen LogP contribution < -0.4 is 15.0 Å². The fraction of sp³-hybridized carbons (Fsp3) is 0.364. The monoisotopic (exact) mass is 436 g/mol. The molecule has 0 spiro atoms. The van der Waals surface area contributed by atoms with Gasteiger partial charge in [-0.3, -0.25) is 9.59 Å². The Morgan fingerprint density at radius 3 is 2.48 bits per heavy atom. The predicted molar refractivity (Wildman–Crippen MR) is 109 cm³/mol. The number of carbonyl (C=O) groups excluding carboxylic acids is 2. The Kier molecular flexibility index (Phi) is 7.17. The van der Waals surface area contributed by atoms with E-state index in [9.17, 15) is 22.8 Å². The molecule has 1 heterocycles. The van der Waals surface area contributed by atoms with Gasteiger partial charge >= 0.3 is 6.18 Å². The summed E-state index contributed by atoms with van der Waals surface area (Å²) in [4.78, 5) is 26.4. The number of piperidine rings is 1. The second-order valence-corrected chi connectivity index (χ2v) is 7.05. The lowest BCUT2D eigenvalue weighted by Crippen LogP contribution is -2.35. The van der Waals surface area contributed by atoms with Crippen LogP contribution >= 0.6 is 0 Å². The largest absolute Gasteiger partial charge is 0.489 e. The summed E-state index contributed by atoms with van der Waals surface area (Å²) in [5, 5.41) is 2.49. The Morgan fingerprint density at radius 1 is 1.10 bits per heavy atom. The summed E-state index contributed by atoms with van der Waals surface area (Å²) < 4.78 is 49.7. The topological polar surface area (TPSA) is 67.9 Å². The number of halogens is 3. The first-order chi connectivity index (χ1) is 14.8. The summed E-state index contributed by atoms with van der Waals surface area (Å²) in [7, 11) is 1.47. The predicted octanol–water partition coefficient (Wildman–Crippen LogP) is 4.50. The first-order valence-corrected chi connectivity index (χ1v) is 9.84. The molecule has 1 fully saturated rings. The minimum atomic E-state index is -4.56. The first-order valence-electron chi connectivity index (χ1n) is 9.84. The fourth-order valence-electron chi connectivity index (χ4n) is 3.23. The number of rotatable bonds is 7. The van der Waals surface area contributed by atoms with Gasteiger partial charge in [0.05, 0.1) is 17.9 Å². The van der Waals surface area contributed by atoms with Crippen LogP contribution in [0.15, 0.2) is 42.5 Å². The van der Waals surface area contributed by atoms with Crippen LogP contribution in [-0.2, 0) is 15.7 Å². The molecule has 0 aromatic heterocycles. The minimum Gasteiger partial charge on any atom is -0.489 e. The van der Waals surface area contributed by atoms with Crippen LogP contribution in [0.5, 0.6) is 5.75 Å². The van der Waals surface area contributed by atoms with Crippen molar-refractivity contribution in [3.05, 3.63) is 53.6 Å². The highest BCUT2D eigenvalue weighted by atomic mass is 19.4. The first kappa shape index (κ1) is 22.6. The third kappa shape index (κ3) is 5.75. The number of amides is 2. The molecule has 0 bridgehead atoms. The normalized spacial score (nSPS) is 14.5. The highest BCUT2D eigenvalue weighted by molar-refractivity contribution is 6.05. The Balaban J connectivity index is 1.78. The van der Waals surface area contributed by atoms with Gasteiger partial charge in [-0.1, -0.05) is 0 Å². The highest BCUT2D eigenvalue weighted by Crippen LogP contribution is 2.35. The molecule has 2 amide bonds. The summed E-state index contributed by atoms with van der Waals surface area (Å²) in [6.07, 6.45) is -2.30. The quantitative estimate of drug-likeness (QED) is 0.649. The van der Waals surface area contributed by atoms with E-state index in [0.717, 1.165) is 25.0 Å². The summed E-state index contributed by atoms with van der Waals surface area (Å²) in [5.74, 6) is -0.452. The maximum Gasteiger partial charge on any atom is 0.416 e. The fourth-order valence-corrected chi connectivity index (χ4v) is 3.23. The molecule has 31 heavy (non-hydrogen) atoms. The smallest absolute Gasteiger partial charge is 0.416 e. The van der Waals surface area contributed by atoms with Crippen molar-refractivity contribution in [2.45, 2.75) is 25.4 Å². The number of anilines is 2. The Hall–Kier alpha value is -3.07. The number of alkyl halides is 3. The molecular weight excluding hydrogens is 413 g/mol. The average molecular weight is 436 g/mol. The van der Waals surface area contributed by atoms with Gasteiger partial charge in [0.1, 0.15) is 12.4 Å². The van der Waals surface area contributed by atoms with Crippen LogP contribution in [0.3, 0.4) is 0 Å². The molecule has 6 nitrogen and oxygen atoms in total. The molecule has 9 heteroatoms. The number of nitrogens with one attached hydrogen (secondary N) is 1. The Bertz CT molecular complexity index is 929. The summed E-state index contributed by atoms with van der Waals surface area (Å²) >= 11 is 0. The molecule has 0 unspecified atom stereocenters. The molecule has 2 aromatic carbocycles. The maximum absolute atomic E-state index is 13.1. The lowest BCUT2D eigenvalue weighted by Gasteiger charge is -2.26. The number of carbonyl (C=O) groups is 2. The van der Waals surface area contributed by atoms with Crippen LogP contribution in [0.4, 0.5) is 24.5 Å². The van der Waals surface area contributed by atoms with E-state index in [1.807, 2.05) is 0 Å². The van der Waals surface area contributed by atoms with Gasteiger partial charge in [-0.15, -0.1) is 0 Å². The zero-order valence-electron chi connectivity index (χ0n) is 17.0. The van der Waals surface area contributed by atoms with E-state index >= 15 is 0 Å². The lowest BCUT2D eigenvalue weighted by molar-refractivity contribution is -0.137. The summed E-state index contributed by atoms with van der Waals surface area (Å²) in [5.41, 5.74) is -0.0653. The van der Waals surface area contributed by atoms with Crippen LogP contribution in [-0.4, -0.2) is 38.7 Å². The Morgan fingerprint density at radius 2 is 1.84 bits per heavy atom. The van der Waals surface area contributed by atoms with Gasteiger partial charge in [-0.25, -0.2) is 0 Å². The van der Waals surface area contributed by atoms with E-state index in [1.165, 1.54) is 25.3 Å². The van der Waals surface area contributed by atoms with Crippen molar-refractivity contribution in [3.63, 3.8) is 0 Å². The molecule has 166 valence electrons. The highest BCUT2D eigenvalue weighted by Gasteiger charge is 2.31. The van der Waals surface area contributed by atoms with Crippen LogP contribution in [0.1, 0.15) is 35.2 Å². The Labute approximate surface area is 177 Å². The zero-order chi connectivity index (χ0) is 22.4. The van der Waals surface area contributed by atoms with Crippen molar-refractivity contribution in [3.8, 4) is 5.75 Å². The summed E-state index contributed by atoms with van der Waals surface area (Å²) in [6.45, 7) is 0.977. The van der Waals surface area contributed by atoms with Crippen molar-refractivity contribution in [2.75, 3.05) is 37.1 Å². The summed E-state index contributed by atoms with van der Waals surface area (Å²) in [6, 6.07) is 9.26. The molecule has 2 aromatic rings. The van der Waals surface area contributed by atoms with Crippen LogP contribution in [0, 0.1) is 0 Å². The lowest BCUT2D eigenvalue weighted by atomic mass is 10.1. The van der Waals surface area contributed by atoms with Crippen molar-refractivity contribution in [1.82, 2.24) is 0 Å². The van der Waals surface area contributed by atoms with Gasteiger partial charge in [-0.2, -0.15) is 13.2 Å². The van der Waals surface area contributed by atoms with E-state index in [4.69, 9.17) is 9.47 Å². The molecule has 1 saturated heterocycles. The van der Waals surface area contributed by atoms with Crippen molar-refractivity contribution >= 4 is 23.2 Å². The van der Waals surface area contributed by atoms with E-state index in [0.29, 0.717) is 18.7 Å². The molecular formula is C22H23F3N2O4.